The summed E-state index contributed by atoms with van der Waals surface area (Å²) in [7, 11) is 0. The van der Waals surface area contributed by atoms with Gasteiger partial charge in [-0.15, -0.1) is 11.3 Å². The van der Waals surface area contributed by atoms with Gasteiger partial charge in [0.2, 0.25) is 0 Å². The molecule has 0 aliphatic rings. The number of thiazole rings is 1. The first kappa shape index (κ1) is 19.4. The second-order valence-electron chi connectivity index (χ2n) is 5.74. The molecule has 0 radical (unpaired) electrons. The highest BCUT2D eigenvalue weighted by atomic mass is 35.5. The number of nitrogens with one attached hydrogen (secondary N) is 1. The number of halogens is 4. The van der Waals surface area contributed by atoms with E-state index < -0.39 is 11.7 Å². The maximum atomic E-state index is 12.6. The number of benzene rings is 2. The summed E-state index contributed by atoms with van der Waals surface area (Å²) in [5, 5.41) is 5.75. The topological polar surface area (TPSA) is 42.0 Å². The number of carbonyl (C=O) groups is 1. The predicted molar refractivity (Wildman–Crippen MR) is 100 cm³/mol. The first-order chi connectivity index (χ1) is 12.8. The van der Waals surface area contributed by atoms with Crippen LogP contribution in [-0.2, 0) is 12.6 Å². The summed E-state index contributed by atoms with van der Waals surface area (Å²) in [6.45, 7) is 0.390. The molecule has 3 aromatic rings. The third kappa shape index (κ3) is 5.08. The van der Waals surface area contributed by atoms with E-state index >= 15 is 0 Å². The Kier molecular flexibility index (Phi) is 5.82. The van der Waals surface area contributed by atoms with Crippen molar-refractivity contribution in [1.82, 2.24) is 10.3 Å². The van der Waals surface area contributed by atoms with Crippen LogP contribution in [0.1, 0.15) is 21.6 Å². The first-order valence-corrected chi connectivity index (χ1v) is 9.24. The molecular formula is C19H14ClF3N2OS. The SMILES string of the molecule is O=C(NCCc1csc(-c2ccc(C(F)(F)F)cc2)n1)c1cccc(Cl)c1. The average molecular weight is 411 g/mol. The Morgan fingerprint density at radius 2 is 1.89 bits per heavy atom. The van der Waals surface area contributed by atoms with Gasteiger partial charge in [-0.05, 0) is 30.3 Å². The van der Waals surface area contributed by atoms with Crippen LogP contribution in [-0.4, -0.2) is 17.4 Å². The molecule has 0 aliphatic carbocycles. The van der Waals surface area contributed by atoms with Crippen molar-refractivity contribution in [1.29, 1.82) is 0 Å². The van der Waals surface area contributed by atoms with Crippen molar-refractivity contribution in [3.8, 4) is 10.6 Å². The van der Waals surface area contributed by atoms with E-state index in [1.54, 1.807) is 24.3 Å². The Bertz CT molecular complexity index is 939. The van der Waals surface area contributed by atoms with Gasteiger partial charge in [0, 0.05) is 34.5 Å². The van der Waals surface area contributed by atoms with Crippen molar-refractivity contribution >= 4 is 28.8 Å². The monoisotopic (exact) mass is 410 g/mol. The van der Waals surface area contributed by atoms with Crippen molar-refractivity contribution in [2.75, 3.05) is 6.54 Å². The predicted octanol–water partition coefficient (Wildman–Crippen LogP) is 5.45. The van der Waals surface area contributed by atoms with Crippen LogP contribution < -0.4 is 5.32 Å². The molecule has 1 heterocycles. The van der Waals surface area contributed by atoms with Gasteiger partial charge in [0.25, 0.3) is 5.91 Å². The summed E-state index contributed by atoms with van der Waals surface area (Å²) in [4.78, 5) is 16.5. The van der Waals surface area contributed by atoms with E-state index in [0.29, 0.717) is 34.1 Å². The molecular weight excluding hydrogens is 397 g/mol. The van der Waals surface area contributed by atoms with Crippen LogP contribution in [0.5, 0.6) is 0 Å². The molecule has 3 rings (SSSR count). The summed E-state index contributed by atoms with van der Waals surface area (Å²) in [5.74, 6) is -0.226. The van der Waals surface area contributed by atoms with Gasteiger partial charge in [-0.2, -0.15) is 13.2 Å². The third-order valence-corrected chi connectivity index (χ3v) is 4.94. The van der Waals surface area contributed by atoms with Crippen LogP contribution in [0.2, 0.25) is 5.02 Å². The fourth-order valence-corrected chi connectivity index (χ4v) is 3.44. The molecule has 0 atom stereocenters. The van der Waals surface area contributed by atoms with E-state index in [4.69, 9.17) is 11.6 Å². The smallest absolute Gasteiger partial charge is 0.352 e. The minimum absolute atomic E-state index is 0.226. The molecule has 2 aromatic carbocycles. The lowest BCUT2D eigenvalue weighted by molar-refractivity contribution is -0.137. The van der Waals surface area contributed by atoms with E-state index in [1.807, 2.05) is 5.38 Å². The van der Waals surface area contributed by atoms with E-state index in [-0.39, 0.29) is 5.91 Å². The molecule has 3 nitrogen and oxygen atoms in total. The maximum Gasteiger partial charge on any atom is 0.416 e. The molecule has 0 unspecified atom stereocenters. The number of hydrogen-bond acceptors (Lipinski definition) is 3. The standard InChI is InChI=1S/C19H14ClF3N2OS/c20-15-3-1-2-13(10-15)17(26)24-9-8-16-11-27-18(25-16)12-4-6-14(7-5-12)19(21,22)23/h1-7,10-11H,8-9H2,(H,24,26). The molecule has 1 N–H and O–H groups in total. The normalized spacial score (nSPS) is 11.4. The van der Waals surface area contributed by atoms with Crippen LogP contribution >= 0.6 is 22.9 Å². The molecule has 0 fully saturated rings. The number of hydrogen-bond donors (Lipinski definition) is 1. The summed E-state index contributed by atoms with van der Waals surface area (Å²) in [6.07, 6.45) is -3.84. The van der Waals surface area contributed by atoms with Gasteiger partial charge >= 0.3 is 6.18 Å². The summed E-state index contributed by atoms with van der Waals surface area (Å²) < 4.78 is 37.9. The first-order valence-electron chi connectivity index (χ1n) is 7.99. The Morgan fingerprint density at radius 1 is 1.15 bits per heavy atom. The minimum Gasteiger partial charge on any atom is -0.352 e. The van der Waals surface area contributed by atoms with Gasteiger partial charge in [-0.1, -0.05) is 29.8 Å². The van der Waals surface area contributed by atoms with Crippen LogP contribution in [0.25, 0.3) is 10.6 Å². The molecule has 0 bridgehead atoms. The quantitative estimate of drug-likeness (QED) is 0.607. The average Bonchev–Trinajstić information content (AvgIpc) is 3.10. The van der Waals surface area contributed by atoms with E-state index in [9.17, 15) is 18.0 Å². The van der Waals surface area contributed by atoms with Crippen LogP contribution in [0.4, 0.5) is 13.2 Å². The number of rotatable bonds is 5. The number of nitrogens with zero attached hydrogens (tertiary/aromatic N) is 1. The van der Waals surface area contributed by atoms with Gasteiger partial charge in [-0.3, -0.25) is 4.79 Å². The zero-order valence-corrected chi connectivity index (χ0v) is 15.5. The summed E-state index contributed by atoms with van der Waals surface area (Å²) in [5.41, 5.74) is 1.18. The highest BCUT2D eigenvalue weighted by Gasteiger charge is 2.30. The molecule has 0 saturated heterocycles. The van der Waals surface area contributed by atoms with Gasteiger partial charge in [0.15, 0.2) is 0 Å². The Balaban J connectivity index is 1.57. The Morgan fingerprint density at radius 3 is 2.56 bits per heavy atom. The lowest BCUT2D eigenvalue weighted by atomic mass is 10.1. The number of aromatic nitrogens is 1. The zero-order valence-electron chi connectivity index (χ0n) is 13.9. The van der Waals surface area contributed by atoms with E-state index in [1.165, 1.54) is 23.5 Å². The number of carbonyl (C=O) groups excluding carboxylic acids is 1. The molecule has 1 aromatic heterocycles. The number of alkyl halides is 3. The fraction of sp³-hybridized carbons (Fsp3) is 0.158. The number of amides is 1. The molecule has 0 aliphatic heterocycles. The van der Waals surface area contributed by atoms with Gasteiger partial charge in [-0.25, -0.2) is 4.98 Å². The Labute approximate surface area is 162 Å². The largest absolute Gasteiger partial charge is 0.416 e. The van der Waals surface area contributed by atoms with Crippen molar-refractivity contribution in [2.24, 2.45) is 0 Å². The lowest BCUT2D eigenvalue weighted by Gasteiger charge is -2.06. The summed E-state index contributed by atoms with van der Waals surface area (Å²) >= 11 is 7.21. The van der Waals surface area contributed by atoms with Gasteiger partial charge in [0.1, 0.15) is 5.01 Å². The van der Waals surface area contributed by atoms with E-state index in [2.05, 4.69) is 10.3 Å². The van der Waals surface area contributed by atoms with E-state index in [0.717, 1.165) is 17.8 Å². The highest BCUT2D eigenvalue weighted by Crippen LogP contribution is 2.31. The molecule has 0 spiro atoms. The fourth-order valence-electron chi connectivity index (χ4n) is 2.39. The second kappa shape index (κ2) is 8.10. The van der Waals surface area contributed by atoms with Gasteiger partial charge < -0.3 is 5.32 Å². The Hall–Kier alpha value is -2.38. The van der Waals surface area contributed by atoms with Crippen molar-refractivity contribution < 1.29 is 18.0 Å². The molecule has 0 saturated carbocycles. The van der Waals surface area contributed by atoms with Crippen molar-refractivity contribution in [3.63, 3.8) is 0 Å². The minimum atomic E-state index is -4.35. The maximum absolute atomic E-state index is 12.6. The zero-order chi connectivity index (χ0) is 19.4. The van der Waals surface area contributed by atoms with Crippen LogP contribution in [0.15, 0.2) is 53.9 Å². The lowest BCUT2D eigenvalue weighted by Crippen LogP contribution is -2.25. The third-order valence-electron chi connectivity index (χ3n) is 3.76. The molecule has 140 valence electrons. The molecule has 8 heteroatoms. The van der Waals surface area contributed by atoms with Crippen molar-refractivity contribution in [3.05, 3.63) is 75.8 Å². The summed E-state index contributed by atoms with van der Waals surface area (Å²) in [6, 6.07) is 11.6. The highest BCUT2D eigenvalue weighted by molar-refractivity contribution is 7.13. The molecule has 1 amide bonds. The molecule has 27 heavy (non-hydrogen) atoms. The second-order valence-corrected chi connectivity index (χ2v) is 7.03. The van der Waals surface area contributed by atoms with Crippen LogP contribution in [0, 0.1) is 0 Å². The van der Waals surface area contributed by atoms with Gasteiger partial charge in [0.05, 0.1) is 11.3 Å². The van der Waals surface area contributed by atoms with Crippen molar-refractivity contribution in [2.45, 2.75) is 12.6 Å². The van der Waals surface area contributed by atoms with Crippen LogP contribution in [0.3, 0.4) is 0 Å².